The number of amides is 1. The van der Waals surface area contributed by atoms with Gasteiger partial charge in [-0.2, -0.15) is 0 Å². The number of hydrogen-bond acceptors (Lipinski definition) is 6. The number of nitrogens with two attached hydrogens (primary N) is 1. The molecule has 9 nitrogen and oxygen atoms in total. The van der Waals surface area contributed by atoms with Crippen molar-refractivity contribution in [2.45, 2.75) is 37.4 Å². The molecule has 0 saturated carbocycles. The van der Waals surface area contributed by atoms with Crippen LogP contribution in [-0.4, -0.2) is 69.7 Å². The quantitative estimate of drug-likeness (QED) is 0.232. The van der Waals surface area contributed by atoms with Gasteiger partial charge in [0.1, 0.15) is 5.84 Å². The van der Waals surface area contributed by atoms with Gasteiger partial charge >= 0.3 is 0 Å². The van der Waals surface area contributed by atoms with Crippen LogP contribution in [0.1, 0.15) is 34.6 Å². The van der Waals surface area contributed by atoms with Crippen LogP contribution in [0.25, 0.3) is 11.0 Å². The second-order valence-corrected chi connectivity index (χ2v) is 9.42. The Balaban J connectivity index is 1.44. The summed E-state index contributed by atoms with van der Waals surface area (Å²) in [6.45, 7) is 2.58. The Morgan fingerprint density at radius 3 is 2.86 bits per heavy atom. The summed E-state index contributed by atoms with van der Waals surface area (Å²) >= 11 is 0. The third-order valence-electron chi connectivity index (χ3n) is 7.19. The summed E-state index contributed by atoms with van der Waals surface area (Å²) in [5, 5.41) is 14.2. The van der Waals surface area contributed by atoms with Gasteiger partial charge in [-0.05, 0) is 36.6 Å². The molecule has 0 radical (unpaired) electrons. The lowest BCUT2D eigenvalue weighted by Crippen LogP contribution is -2.56. The topological polar surface area (TPSA) is 129 Å². The molecule has 2 aliphatic heterocycles. The van der Waals surface area contributed by atoms with Gasteiger partial charge in [0.05, 0.1) is 23.1 Å². The highest BCUT2D eigenvalue weighted by molar-refractivity contribution is 6.02. The van der Waals surface area contributed by atoms with Gasteiger partial charge < -0.3 is 20.9 Å². The molecule has 2 saturated heterocycles. The number of rotatable bonds is 7. The van der Waals surface area contributed by atoms with E-state index >= 15 is 0 Å². The van der Waals surface area contributed by atoms with Crippen molar-refractivity contribution in [3.05, 3.63) is 65.5 Å². The second kappa shape index (κ2) is 9.59. The van der Waals surface area contributed by atoms with Gasteiger partial charge in [-0.15, -0.1) is 0 Å². The maximum atomic E-state index is 13.8. The number of benzene rings is 2. The molecule has 1 amide bonds. The molecular formula is C26H31N7O2. The first-order valence-electron chi connectivity index (χ1n) is 12.1. The summed E-state index contributed by atoms with van der Waals surface area (Å²) in [4.78, 5) is 34.1. The van der Waals surface area contributed by atoms with Crippen LogP contribution in [0.5, 0.6) is 0 Å². The summed E-state index contributed by atoms with van der Waals surface area (Å²) < 4.78 is 1.78. The molecule has 2 aromatic carbocycles. The molecule has 35 heavy (non-hydrogen) atoms. The number of aryl methyl sites for hydroxylation is 1. The van der Waals surface area contributed by atoms with E-state index in [0.717, 1.165) is 49.1 Å². The zero-order valence-electron chi connectivity index (χ0n) is 19.8. The number of amidine groups is 1. The second-order valence-electron chi connectivity index (χ2n) is 9.42. The van der Waals surface area contributed by atoms with Crippen molar-refractivity contribution in [1.29, 1.82) is 5.41 Å². The van der Waals surface area contributed by atoms with Gasteiger partial charge in [-0.1, -0.05) is 30.3 Å². The van der Waals surface area contributed by atoms with Crippen molar-refractivity contribution < 1.29 is 9.59 Å². The Labute approximate surface area is 204 Å². The first kappa shape index (κ1) is 23.2. The smallest absolute Gasteiger partial charge is 0.237 e. The van der Waals surface area contributed by atoms with Crippen LogP contribution in [0, 0.1) is 5.41 Å². The molecule has 9 heteroatoms. The fraction of sp³-hybridized carbons (Fsp3) is 0.385. The van der Waals surface area contributed by atoms with E-state index in [2.05, 4.69) is 20.5 Å². The van der Waals surface area contributed by atoms with Crippen LogP contribution in [0.15, 0.2) is 48.5 Å². The van der Waals surface area contributed by atoms with Crippen LogP contribution < -0.4 is 16.4 Å². The molecule has 5 N–H and O–H groups in total. The molecule has 3 atom stereocenters. The average molecular weight is 474 g/mol. The molecule has 2 aliphatic rings. The Bertz CT molecular complexity index is 1280. The number of nitrogens with zero attached hydrogens (tertiary/aromatic N) is 3. The SMILES string of the molecule is Cn1c(C(=O)C(Cc2cccc(C(=N)N)c2)NC(=O)C2CCC3CNCCN32)nc2ccccc21. The first-order chi connectivity index (χ1) is 16.9. The predicted molar refractivity (Wildman–Crippen MR) is 135 cm³/mol. The molecule has 3 heterocycles. The molecule has 182 valence electrons. The van der Waals surface area contributed by atoms with Crippen LogP contribution in [0.3, 0.4) is 0 Å². The van der Waals surface area contributed by atoms with E-state index in [-0.39, 0.29) is 30.0 Å². The van der Waals surface area contributed by atoms with Crippen molar-refractivity contribution in [2.75, 3.05) is 19.6 Å². The van der Waals surface area contributed by atoms with Crippen molar-refractivity contribution in [2.24, 2.45) is 12.8 Å². The number of para-hydroxylation sites is 2. The molecule has 0 bridgehead atoms. The zero-order chi connectivity index (χ0) is 24.5. The Morgan fingerprint density at radius 2 is 2.06 bits per heavy atom. The monoisotopic (exact) mass is 473 g/mol. The van der Waals surface area contributed by atoms with Crippen molar-refractivity contribution in [3.63, 3.8) is 0 Å². The minimum Gasteiger partial charge on any atom is -0.384 e. The van der Waals surface area contributed by atoms with Gasteiger partial charge in [-0.3, -0.25) is 19.9 Å². The summed E-state index contributed by atoms with van der Waals surface area (Å²) in [5.41, 5.74) is 8.68. The summed E-state index contributed by atoms with van der Waals surface area (Å²) in [5.74, 6) is -0.0788. The number of fused-ring (bicyclic) bond motifs is 2. The highest BCUT2D eigenvalue weighted by atomic mass is 16.2. The molecule has 3 unspecified atom stereocenters. The van der Waals surface area contributed by atoms with Crippen LogP contribution in [0.4, 0.5) is 0 Å². The number of imidazole rings is 1. The predicted octanol–water partition coefficient (Wildman–Crippen LogP) is 1.20. The fourth-order valence-corrected chi connectivity index (χ4v) is 5.35. The maximum Gasteiger partial charge on any atom is 0.237 e. The Morgan fingerprint density at radius 1 is 1.23 bits per heavy atom. The molecule has 3 aromatic rings. The Kier molecular flexibility index (Phi) is 6.36. The van der Waals surface area contributed by atoms with Crippen LogP contribution in [0.2, 0.25) is 0 Å². The van der Waals surface area contributed by atoms with E-state index in [0.29, 0.717) is 17.4 Å². The lowest BCUT2D eigenvalue weighted by atomic mass is 9.99. The number of aromatic nitrogens is 2. The molecule has 0 aliphatic carbocycles. The highest BCUT2D eigenvalue weighted by Crippen LogP contribution is 2.26. The van der Waals surface area contributed by atoms with E-state index in [1.165, 1.54) is 0 Å². The molecule has 1 aromatic heterocycles. The number of nitrogens with one attached hydrogen (secondary N) is 3. The van der Waals surface area contributed by atoms with Gasteiger partial charge in [0, 0.05) is 44.7 Å². The van der Waals surface area contributed by atoms with Gasteiger partial charge in [0.25, 0.3) is 0 Å². The molecule has 0 spiro atoms. The summed E-state index contributed by atoms with van der Waals surface area (Å²) in [6.07, 6.45) is 2.03. The van der Waals surface area contributed by atoms with E-state index in [9.17, 15) is 9.59 Å². The minimum atomic E-state index is -0.790. The molecular weight excluding hydrogens is 442 g/mol. The largest absolute Gasteiger partial charge is 0.384 e. The zero-order valence-corrected chi connectivity index (χ0v) is 19.8. The standard InChI is InChI=1S/C26H31N7O2/c1-32-21-8-3-2-7-19(21)30-25(32)23(34)20(14-16-5-4-6-17(13-16)24(27)28)31-26(35)22-10-9-18-15-29-11-12-33(18)22/h2-8,13,18,20,22,29H,9-12,14-15H2,1H3,(H3,27,28)(H,31,35). The lowest BCUT2D eigenvalue weighted by Gasteiger charge is -2.34. The number of Topliss-reactive ketones (excluding diaryl/α,β-unsaturated/α-hetero) is 1. The third-order valence-corrected chi connectivity index (χ3v) is 7.19. The summed E-state index contributed by atoms with van der Waals surface area (Å²) in [6, 6.07) is 14.2. The number of carbonyl (C=O) groups is 2. The highest BCUT2D eigenvalue weighted by Gasteiger charge is 2.40. The van der Waals surface area contributed by atoms with E-state index in [1.54, 1.807) is 16.7 Å². The third kappa shape index (κ3) is 4.56. The lowest BCUT2D eigenvalue weighted by molar-refractivity contribution is -0.126. The van der Waals surface area contributed by atoms with Gasteiger partial charge in [0.2, 0.25) is 11.7 Å². The van der Waals surface area contributed by atoms with Crippen molar-refractivity contribution in [1.82, 2.24) is 25.1 Å². The molecule has 5 rings (SSSR count). The van der Waals surface area contributed by atoms with E-state index < -0.39 is 6.04 Å². The van der Waals surface area contributed by atoms with E-state index in [4.69, 9.17) is 11.1 Å². The van der Waals surface area contributed by atoms with Crippen molar-refractivity contribution in [3.8, 4) is 0 Å². The number of ketones is 1. The number of carbonyl (C=O) groups excluding carboxylic acids is 2. The normalized spacial score (nSPS) is 20.9. The minimum absolute atomic E-state index is 0.0372. The fourth-order valence-electron chi connectivity index (χ4n) is 5.35. The maximum absolute atomic E-state index is 13.8. The van der Waals surface area contributed by atoms with Crippen LogP contribution >= 0.6 is 0 Å². The Hall–Kier alpha value is -3.56. The first-order valence-corrected chi connectivity index (χ1v) is 12.1. The summed E-state index contributed by atoms with van der Waals surface area (Å²) in [7, 11) is 1.82. The van der Waals surface area contributed by atoms with Gasteiger partial charge in [-0.25, -0.2) is 4.98 Å². The number of nitrogen functional groups attached to an aromatic ring is 1. The van der Waals surface area contributed by atoms with E-state index in [1.807, 2.05) is 43.4 Å². The van der Waals surface area contributed by atoms with Crippen molar-refractivity contribution >= 4 is 28.6 Å². The molecule has 2 fully saturated rings. The number of hydrogen-bond donors (Lipinski definition) is 4. The number of piperazine rings is 1. The van der Waals surface area contributed by atoms with Gasteiger partial charge in [0.15, 0.2) is 5.82 Å². The average Bonchev–Trinajstić information content (AvgIpc) is 3.45. The van der Waals surface area contributed by atoms with Crippen LogP contribution in [-0.2, 0) is 18.3 Å².